The molecule has 106 valence electrons. The van der Waals surface area contributed by atoms with Gasteiger partial charge in [0.2, 0.25) is 11.9 Å². The third-order valence-corrected chi connectivity index (χ3v) is 3.83. The molecule has 8 heteroatoms. The van der Waals surface area contributed by atoms with Gasteiger partial charge in [0.1, 0.15) is 6.54 Å². The number of anilines is 2. The number of hydrogen-bond acceptors (Lipinski definition) is 5. The normalized spacial score (nSPS) is 10.5. The van der Waals surface area contributed by atoms with E-state index in [4.69, 9.17) is 5.73 Å². The highest BCUT2D eigenvalue weighted by Gasteiger charge is 2.13. The third kappa shape index (κ3) is 3.73. The monoisotopic (exact) mass is 355 g/mol. The van der Waals surface area contributed by atoms with Crippen LogP contribution in [0.3, 0.4) is 0 Å². The van der Waals surface area contributed by atoms with Crippen LogP contribution in [0.4, 0.5) is 11.6 Å². The second-order valence-electron chi connectivity index (χ2n) is 3.92. The zero-order chi connectivity index (χ0) is 14.5. The first kappa shape index (κ1) is 14.9. The molecule has 0 spiro atoms. The molecule has 0 aliphatic rings. The molecule has 3 N–H and O–H groups in total. The Labute approximate surface area is 129 Å². The maximum atomic E-state index is 12.0. The van der Waals surface area contributed by atoms with Crippen molar-refractivity contribution in [1.82, 2.24) is 14.8 Å². The zero-order valence-corrected chi connectivity index (χ0v) is 13.2. The summed E-state index contributed by atoms with van der Waals surface area (Å²) in [5.74, 6) is 0.913. The number of thioether (sulfide) groups is 1. The number of nitrogens with one attached hydrogen (secondary N) is 1. The minimum absolute atomic E-state index is 0.0945. The summed E-state index contributed by atoms with van der Waals surface area (Å²) in [6, 6.07) is 7.36. The summed E-state index contributed by atoms with van der Waals surface area (Å²) in [4.78, 5) is 12.0. The largest absolute Gasteiger partial charge is 0.368 e. The average molecular weight is 356 g/mol. The van der Waals surface area contributed by atoms with E-state index in [1.807, 2.05) is 31.2 Å². The molecule has 1 heterocycles. The predicted molar refractivity (Wildman–Crippen MR) is 83.6 cm³/mol. The van der Waals surface area contributed by atoms with Crippen molar-refractivity contribution in [2.75, 3.05) is 16.8 Å². The summed E-state index contributed by atoms with van der Waals surface area (Å²) in [6.07, 6.45) is 0. The number of nitrogen functional groups attached to an aromatic ring is 1. The van der Waals surface area contributed by atoms with Crippen LogP contribution in [-0.2, 0) is 11.3 Å². The van der Waals surface area contributed by atoms with Crippen LogP contribution in [0.1, 0.15) is 6.92 Å². The second-order valence-corrected chi connectivity index (χ2v) is 6.06. The molecule has 2 aromatic rings. The quantitative estimate of drug-likeness (QED) is 0.804. The van der Waals surface area contributed by atoms with Crippen LogP contribution in [0.2, 0.25) is 0 Å². The van der Waals surface area contributed by atoms with Gasteiger partial charge in [-0.3, -0.25) is 9.36 Å². The molecule has 1 amide bonds. The van der Waals surface area contributed by atoms with Gasteiger partial charge in [-0.25, -0.2) is 0 Å². The van der Waals surface area contributed by atoms with Crippen molar-refractivity contribution in [2.24, 2.45) is 0 Å². The van der Waals surface area contributed by atoms with Crippen LogP contribution in [0, 0.1) is 0 Å². The van der Waals surface area contributed by atoms with Crippen LogP contribution in [-0.4, -0.2) is 26.4 Å². The Balaban J connectivity index is 2.04. The van der Waals surface area contributed by atoms with E-state index >= 15 is 0 Å². The summed E-state index contributed by atoms with van der Waals surface area (Å²) in [6.45, 7) is 2.10. The first-order chi connectivity index (χ1) is 9.60. The van der Waals surface area contributed by atoms with Crippen LogP contribution >= 0.6 is 27.7 Å². The number of carbonyl (C=O) groups excluding carboxylic acids is 1. The molecule has 1 aromatic heterocycles. The molecular weight excluding hydrogens is 342 g/mol. The lowest BCUT2D eigenvalue weighted by molar-refractivity contribution is -0.116. The number of hydrogen-bond donors (Lipinski definition) is 2. The van der Waals surface area contributed by atoms with E-state index in [-0.39, 0.29) is 18.4 Å². The molecule has 0 aliphatic heterocycles. The summed E-state index contributed by atoms with van der Waals surface area (Å²) in [5, 5.41) is 11.2. The third-order valence-electron chi connectivity index (χ3n) is 2.45. The summed E-state index contributed by atoms with van der Waals surface area (Å²) < 4.78 is 2.56. The fraction of sp³-hybridized carbons (Fsp3) is 0.250. The second kappa shape index (κ2) is 6.76. The highest BCUT2D eigenvalue weighted by Crippen LogP contribution is 2.18. The number of rotatable bonds is 5. The summed E-state index contributed by atoms with van der Waals surface area (Å²) in [5.41, 5.74) is 6.45. The molecule has 0 bridgehead atoms. The highest BCUT2D eigenvalue weighted by atomic mass is 79.9. The van der Waals surface area contributed by atoms with Gasteiger partial charge in [-0.15, -0.1) is 10.2 Å². The van der Waals surface area contributed by atoms with E-state index in [2.05, 4.69) is 31.4 Å². The van der Waals surface area contributed by atoms with Crippen LogP contribution in [0.25, 0.3) is 0 Å². The minimum Gasteiger partial charge on any atom is -0.368 e. The molecule has 0 radical (unpaired) electrons. The summed E-state index contributed by atoms with van der Waals surface area (Å²) in [7, 11) is 0. The van der Waals surface area contributed by atoms with Gasteiger partial charge >= 0.3 is 0 Å². The van der Waals surface area contributed by atoms with Gasteiger partial charge < -0.3 is 11.1 Å². The lowest BCUT2D eigenvalue weighted by atomic mass is 10.3. The Kier molecular flexibility index (Phi) is 5.02. The topological polar surface area (TPSA) is 85.8 Å². The van der Waals surface area contributed by atoms with Gasteiger partial charge in [-0.1, -0.05) is 34.6 Å². The fourth-order valence-electron chi connectivity index (χ4n) is 1.56. The zero-order valence-electron chi connectivity index (χ0n) is 10.8. The molecule has 0 atom stereocenters. The van der Waals surface area contributed by atoms with Gasteiger partial charge in [0.25, 0.3) is 0 Å². The smallest absolute Gasteiger partial charge is 0.244 e. The Morgan fingerprint density at radius 3 is 2.75 bits per heavy atom. The van der Waals surface area contributed by atoms with Gasteiger partial charge in [-0.2, -0.15) is 0 Å². The highest BCUT2D eigenvalue weighted by molar-refractivity contribution is 9.10. The van der Waals surface area contributed by atoms with E-state index < -0.39 is 0 Å². The number of aromatic nitrogens is 3. The fourth-order valence-corrected chi connectivity index (χ4v) is 2.50. The van der Waals surface area contributed by atoms with E-state index in [0.29, 0.717) is 5.16 Å². The molecule has 20 heavy (non-hydrogen) atoms. The van der Waals surface area contributed by atoms with Crippen LogP contribution < -0.4 is 11.1 Å². The number of nitrogens with zero attached hydrogens (tertiary/aromatic N) is 3. The molecule has 0 saturated carbocycles. The Morgan fingerprint density at radius 1 is 1.40 bits per heavy atom. The average Bonchev–Trinajstić information content (AvgIpc) is 2.75. The van der Waals surface area contributed by atoms with Crippen molar-refractivity contribution in [3.8, 4) is 0 Å². The van der Waals surface area contributed by atoms with Crippen molar-refractivity contribution in [3.63, 3.8) is 0 Å². The van der Waals surface area contributed by atoms with Gasteiger partial charge in [0.15, 0.2) is 5.16 Å². The lowest BCUT2D eigenvalue weighted by Gasteiger charge is -2.08. The van der Waals surface area contributed by atoms with Crippen molar-refractivity contribution in [3.05, 3.63) is 28.7 Å². The van der Waals surface area contributed by atoms with E-state index in [1.54, 1.807) is 4.57 Å². The number of halogens is 1. The predicted octanol–water partition coefficient (Wildman–Crippen LogP) is 2.37. The molecular formula is C12H14BrN5OS. The van der Waals surface area contributed by atoms with E-state index in [9.17, 15) is 4.79 Å². The molecule has 6 nitrogen and oxygen atoms in total. The first-order valence-electron chi connectivity index (χ1n) is 5.97. The number of nitrogens with two attached hydrogens (primary N) is 1. The van der Waals surface area contributed by atoms with Crippen LogP contribution in [0.5, 0.6) is 0 Å². The molecule has 2 rings (SSSR count). The first-order valence-corrected chi connectivity index (χ1v) is 7.75. The van der Waals surface area contributed by atoms with Crippen LogP contribution in [0.15, 0.2) is 33.9 Å². The Hall–Kier alpha value is -1.54. The Bertz CT molecular complexity index is 598. The summed E-state index contributed by atoms with van der Waals surface area (Å²) >= 11 is 4.84. The number of amides is 1. The van der Waals surface area contributed by atoms with Gasteiger partial charge in [-0.05, 0) is 30.0 Å². The lowest BCUT2D eigenvalue weighted by Crippen LogP contribution is -2.20. The van der Waals surface area contributed by atoms with Gasteiger partial charge in [0, 0.05) is 10.2 Å². The van der Waals surface area contributed by atoms with Crippen molar-refractivity contribution < 1.29 is 4.79 Å². The SMILES string of the molecule is CCSc1nnc(N)n1CC(=O)Nc1ccc(Br)cc1. The number of benzene rings is 1. The minimum atomic E-state index is -0.170. The van der Waals surface area contributed by atoms with Gasteiger partial charge in [0.05, 0.1) is 0 Å². The van der Waals surface area contributed by atoms with Crippen molar-refractivity contribution in [2.45, 2.75) is 18.6 Å². The van der Waals surface area contributed by atoms with Crippen molar-refractivity contribution >= 4 is 45.2 Å². The van der Waals surface area contributed by atoms with E-state index in [1.165, 1.54) is 11.8 Å². The number of carbonyl (C=O) groups is 1. The maximum Gasteiger partial charge on any atom is 0.244 e. The van der Waals surface area contributed by atoms with E-state index in [0.717, 1.165) is 15.9 Å². The molecule has 0 aliphatic carbocycles. The Morgan fingerprint density at radius 2 is 2.10 bits per heavy atom. The maximum absolute atomic E-state index is 12.0. The molecule has 0 unspecified atom stereocenters. The molecule has 0 saturated heterocycles. The van der Waals surface area contributed by atoms with Crippen molar-refractivity contribution in [1.29, 1.82) is 0 Å². The standard InChI is InChI=1S/C12H14BrN5OS/c1-2-20-12-17-16-11(14)18(12)7-10(19)15-9-5-3-8(13)4-6-9/h3-6H,2,7H2,1H3,(H2,14,16)(H,15,19). The molecule has 0 fully saturated rings. The molecule has 1 aromatic carbocycles.